The van der Waals surface area contributed by atoms with Crippen LogP contribution in [0.2, 0.25) is 0 Å². The number of nitrogen functional groups attached to an aromatic ring is 1. The maximum atomic E-state index is 13.3. The number of nitrogens with two attached hydrogens (primary N) is 1. The van der Waals surface area contributed by atoms with E-state index >= 15 is 0 Å². The van der Waals surface area contributed by atoms with Crippen LogP contribution < -0.4 is 15.3 Å². The van der Waals surface area contributed by atoms with Crippen LogP contribution in [0.15, 0.2) is 53.4 Å². The second kappa shape index (κ2) is 10.1. The van der Waals surface area contributed by atoms with Crippen molar-refractivity contribution in [3.63, 3.8) is 0 Å². The quantitative estimate of drug-likeness (QED) is 0.448. The first kappa shape index (κ1) is 24.9. The van der Waals surface area contributed by atoms with Gasteiger partial charge in [0.15, 0.2) is 6.17 Å². The summed E-state index contributed by atoms with van der Waals surface area (Å²) in [6.07, 6.45) is -1.04. The third-order valence-corrected chi connectivity index (χ3v) is 8.21. The van der Waals surface area contributed by atoms with E-state index in [0.717, 1.165) is 9.31 Å². The van der Waals surface area contributed by atoms with E-state index in [0.29, 0.717) is 24.2 Å². The van der Waals surface area contributed by atoms with Crippen LogP contribution in [-0.2, 0) is 30.6 Å². The van der Waals surface area contributed by atoms with Crippen molar-refractivity contribution in [1.29, 1.82) is 0 Å². The molecule has 2 aromatic rings. The minimum atomic E-state index is -4.26. The summed E-state index contributed by atoms with van der Waals surface area (Å²) in [4.78, 5) is 14.3. The molecule has 1 heterocycles. The number of aliphatic carboxylic acids is 1. The van der Waals surface area contributed by atoms with Crippen LogP contribution in [0.1, 0.15) is 18.4 Å². The highest BCUT2D eigenvalue weighted by molar-refractivity contribution is 7.89. The Kier molecular flexibility index (Phi) is 7.59. The summed E-state index contributed by atoms with van der Waals surface area (Å²) in [5, 5.41) is 10.8. The summed E-state index contributed by atoms with van der Waals surface area (Å²) in [6.45, 7) is -0.0791. The molecule has 13 heteroatoms. The first-order valence-electron chi connectivity index (χ1n) is 10.0. The van der Waals surface area contributed by atoms with E-state index in [4.69, 9.17) is 10.5 Å². The smallest absolute Gasteiger partial charge is 0.338 e. The van der Waals surface area contributed by atoms with Gasteiger partial charge >= 0.3 is 5.97 Å². The number of rotatable bonds is 8. The lowest BCUT2D eigenvalue weighted by Gasteiger charge is -2.33. The van der Waals surface area contributed by atoms with E-state index in [1.54, 1.807) is 24.3 Å². The molecule has 1 aliphatic heterocycles. The number of carboxylic acids is 1. The third-order valence-electron chi connectivity index (χ3n) is 5.14. The zero-order valence-corrected chi connectivity index (χ0v) is 19.5. The Hall–Kier alpha value is -2.71. The van der Waals surface area contributed by atoms with E-state index < -0.39 is 37.9 Å². The van der Waals surface area contributed by atoms with Crippen LogP contribution in [0.25, 0.3) is 0 Å². The number of ether oxygens (including phenoxy) is 1. The van der Waals surface area contributed by atoms with Crippen molar-refractivity contribution in [1.82, 2.24) is 14.1 Å². The first-order chi connectivity index (χ1) is 15.5. The molecule has 2 aromatic carbocycles. The largest absolute Gasteiger partial charge is 0.497 e. The van der Waals surface area contributed by atoms with Gasteiger partial charge in [-0.05, 0) is 48.7 Å². The Labute approximate surface area is 192 Å². The number of para-hydroxylation sites is 1. The van der Waals surface area contributed by atoms with Crippen LogP contribution in [0.5, 0.6) is 5.75 Å². The average molecular weight is 499 g/mol. The van der Waals surface area contributed by atoms with Gasteiger partial charge in [-0.1, -0.05) is 18.2 Å². The zero-order valence-electron chi connectivity index (χ0n) is 17.9. The average Bonchev–Trinajstić information content (AvgIpc) is 2.97. The van der Waals surface area contributed by atoms with Gasteiger partial charge in [0.2, 0.25) is 20.0 Å². The SMILES string of the molecule is COc1ccc(S(=O)(=O)N2CCCCN(NS(=O)(=O)Cc3ccccc3N)C2C(=O)O)cc1. The second-order valence-electron chi connectivity index (χ2n) is 7.45. The Bertz CT molecular complexity index is 1200. The fourth-order valence-electron chi connectivity index (χ4n) is 3.52. The van der Waals surface area contributed by atoms with Gasteiger partial charge in [0.25, 0.3) is 0 Å². The molecular formula is C20H26N4O7S2. The van der Waals surface area contributed by atoms with E-state index in [1.165, 1.54) is 31.4 Å². The number of nitrogens with zero attached hydrogens (tertiary/aromatic N) is 2. The van der Waals surface area contributed by atoms with E-state index in [-0.39, 0.29) is 23.7 Å². The standard InChI is InChI=1S/C20H26N4O7S2/c1-31-16-8-10-17(11-9-16)33(29,30)24-13-5-4-12-23(19(24)20(25)26)22-32(27,28)14-15-6-2-3-7-18(15)21/h2-3,6-11,19,22H,4-5,12-14,21H2,1H3,(H,25,26). The van der Waals surface area contributed by atoms with Gasteiger partial charge in [-0.25, -0.2) is 26.6 Å². The molecular weight excluding hydrogens is 472 g/mol. The van der Waals surface area contributed by atoms with Gasteiger partial charge < -0.3 is 15.6 Å². The molecule has 3 rings (SSSR count). The Balaban J connectivity index is 1.92. The number of nitrogens with one attached hydrogen (secondary N) is 1. The predicted octanol–water partition coefficient (Wildman–Crippen LogP) is 0.809. The van der Waals surface area contributed by atoms with Gasteiger partial charge in [0.1, 0.15) is 5.75 Å². The number of sulfonamides is 2. The number of carbonyl (C=O) groups is 1. The number of hydrogen-bond acceptors (Lipinski definition) is 8. The summed E-state index contributed by atoms with van der Waals surface area (Å²) in [6, 6.07) is 11.9. The highest BCUT2D eigenvalue weighted by Gasteiger charge is 2.42. The van der Waals surface area contributed by atoms with Crippen molar-refractivity contribution in [2.75, 3.05) is 25.9 Å². The lowest BCUT2D eigenvalue weighted by molar-refractivity contribution is -0.148. The summed E-state index contributed by atoms with van der Waals surface area (Å²) >= 11 is 0. The molecule has 1 fully saturated rings. The number of hydrazine groups is 1. The molecule has 4 N–H and O–H groups in total. The first-order valence-corrected chi connectivity index (χ1v) is 13.1. The lowest BCUT2D eigenvalue weighted by atomic mass is 10.2. The van der Waals surface area contributed by atoms with Gasteiger partial charge in [0.05, 0.1) is 17.8 Å². The van der Waals surface area contributed by atoms with Crippen molar-refractivity contribution in [3.05, 3.63) is 54.1 Å². The number of hydrogen-bond donors (Lipinski definition) is 3. The molecule has 0 saturated carbocycles. The number of carboxylic acid groups (broad SMARTS) is 1. The summed E-state index contributed by atoms with van der Waals surface area (Å²) < 4.78 is 58.1. The molecule has 1 atom stereocenters. The highest BCUT2D eigenvalue weighted by Crippen LogP contribution is 2.25. The van der Waals surface area contributed by atoms with Crippen molar-refractivity contribution in [2.45, 2.75) is 29.7 Å². The summed E-state index contributed by atoms with van der Waals surface area (Å²) in [5.41, 5.74) is 6.45. The third kappa shape index (κ3) is 5.81. The minimum Gasteiger partial charge on any atom is -0.497 e. The van der Waals surface area contributed by atoms with Crippen molar-refractivity contribution in [2.24, 2.45) is 0 Å². The molecule has 1 aliphatic rings. The topological polar surface area (TPSA) is 159 Å². The summed E-state index contributed by atoms with van der Waals surface area (Å²) in [7, 11) is -6.91. The van der Waals surface area contributed by atoms with E-state index in [1.807, 2.05) is 0 Å². The van der Waals surface area contributed by atoms with Crippen molar-refractivity contribution in [3.8, 4) is 5.75 Å². The molecule has 180 valence electrons. The Morgan fingerprint density at radius 1 is 1.09 bits per heavy atom. The van der Waals surface area contributed by atoms with Crippen molar-refractivity contribution < 1.29 is 31.5 Å². The number of anilines is 1. The lowest BCUT2D eigenvalue weighted by Crippen LogP contribution is -2.59. The molecule has 11 nitrogen and oxygen atoms in total. The minimum absolute atomic E-state index is 0.00903. The monoisotopic (exact) mass is 498 g/mol. The Morgan fingerprint density at radius 3 is 2.33 bits per heavy atom. The highest BCUT2D eigenvalue weighted by atomic mass is 32.2. The van der Waals surface area contributed by atoms with Gasteiger partial charge in [-0.15, -0.1) is 4.83 Å². The molecule has 1 saturated heterocycles. The molecule has 0 bridgehead atoms. The molecule has 33 heavy (non-hydrogen) atoms. The zero-order chi connectivity index (χ0) is 24.2. The maximum absolute atomic E-state index is 13.3. The van der Waals surface area contributed by atoms with Crippen LogP contribution in [0, 0.1) is 0 Å². The van der Waals surface area contributed by atoms with Crippen LogP contribution >= 0.6 is 0 Å². The number of methoxy groups -OCH3 is 1. The molecule has 0 aliphatic carbocycles. The Morgan fingerprint density at radius 2 is 1.73 bits per heavy atom. The number of benzene rings is 2. The van der Waals surface area contributed by atoms with Gasteiger partial charge in [-0.2, -0.15) is 4.31 Å². The fourth-order valence-corrected chi connectivity index (χ4v) is 6.39. The molecule has 0 amide bonds. The van der Waals surface area contributed by atoms with Crippen molar-refractivity contribution >= 4 is 31.7 Å². The molecule has 0 radical (unpaired) electrons. The fraction of sp³-hybridized carbons (Fsp3) is 0.350. The van der Waals surface area contributed by atoms with Crippen LogP contribution in [0.4, 0.5) is 5.69 Å². The van der Waals surface area contributed by atoms with Gasteiger partial charge in [0, 0.05) is 18.8 Å². The molecule has 0 spiro atoms. The van der Waals surface area contributed by atoms with E-state index in [9.17, 15) is 26.7 Å². The maximum Gasteiger partial charge on any atom is 0.338 e. The normalized spacial score (nSPS) is 18.5. The van der Waals surface area contributed by atoms with E-state index in [2.05, 4.69) is 4.83 Å². The second-order valence-corrected chi connectivity index (χ2v) is 11.0. The van der Waals surface area contributed by atoms with Gasteiger partial charge in [-0.3, -0.25) is 0 Å². The predicted molar refractivity (Wildman–Crippen MR) is 121 cm³/mol. The molecule has 1 unspecified atom stereocenters. The van der Waals surface area contributed by atoms with Crippen LogP contribution in [0.3, 0.4) is 0 Å². The van der Waals surface area contributed by atoms with Crippen LogP contribution in [-0.4, -0.2) is 63.6 Å². The summed E-state index contributed by atoms with van der Waals surface area (Å²) in [5.74, 6) is -1.56. The molecule has 0 aromatic heterocycles.